The van der Waals surface area contributed by atoms with Gasteiger partial charge in [-0.1, -0.05) is 54.1 Å². The van der Waals surface area contributed by atoms with Gasteiger partial charge in [-0.2, -0.15) is 0 Å². The lowest BCUT2D eigenvalue weighted by atomic mass is 9.96. The Morgan fingerprint density at radius 3 is 2.25 bits per heavy atom. The van der Waals surface area contributed by atoms with E-state index in [0.717, 1.165) is 11.1 Å². The van der Waals surface area contributed by atoms with Gasteiger partial charge in [0.15, 0.2) is 5.78 Å². The summed E-state index contributed by atoms with van der Waals surface area (Å²) >= 11 is 6.05. The minimum absolute atomic E-state index is 0. The molecule has 0 radical (unpaired) electrons. The molecule has 2 N–H and O–H groups in total. The van der Waals surface area contributed by atoms with Crippen molar-refractivity contribution in [3.05, 3.63) is 106 Å². The van der Waals surface area contributed by atoms with Gasteiger partial charge < -0.3 is 5.11 Å². The molecule has 0 saturated carbocycles. The Kier molecular flexibility index (Phi) is 8.40. The van der Waals surface area contributed by atoms with Crippen LogP contribution < -0.4 is 4.72 Å². The number of aryl methyl sites for hydroxylation is 2. The Morgan fingerprint density at radius 1 is 0.917 bits per heavy atom. The molecule has 0 bridgehead atoms. The lowest BCUT2D eigenvalue weighted by Crippen LogP contribution is -2.13. The van der Waals surface area contributed by atoms with E-state index in [9.17, 15) is 18.0 Å². The van der Waals surface area contributed by atoms with E-state index in [1.807, 2.05) is 0 Å². The average Bonchev–Trinajstić information content (AvgIpc) is 2.82. The van der Waals surface area contributed by atoms with Crippen LogP contribution in [0.5, 0.6) is 0 Å². The number of sulfonamides is 1. The summed E-state index contributed by atoms with van der Waals surface area (Å²) in [7, 11) is -3.90. The molecule has 36 heavy (non-hydrogen) atoms. The summed E-state index contributed by atoms with van der Waals surface area (Å²) in [5, 5.41) is 10.6. The van der Waals surface area contributed by atoms with Gasteiger partial charge in [0.25, 0.3) is 10.0 Å². The number of aromatic carboxylic acids is 1. The first-order valence-electron chi connectivity index (χ1n) is 10.8. The zero-order chi connectivity index (χ0) is 25.2. The molecule has 0 unspecified atom stereocenters. The van der Waals surface area contributed by atoms with Crippen LogP contribution in [0, 0.1) is 6.92 Å². The summed E-state index contributed by atoms with van der Waals surface area (Å²) in [6.45, 7) is 1.77. The molecule has 0 aliphatic heterocycles. The molecular weight excluding hydrogens is 521 g/mol. The van der Waals surface area contributed by atoms with E-state index in [1.54, 1.807) is 61.5 Å². The fourth-order valence-electron chi connectivity index (χ4n) is 3.91. The summed E-state index contributed by atoms with van der Waals surface area (Å²) in [6, 6.07) is 21.4. The summed E-state index contributed by atoms with van der Waals surface area (Å²) in [6.07, 6.45) is 0.679. The average molecular weight is 544 g/mol. The van der Waals surface area contributed by atoms with Crippen LogP contribution in [0.15, 0.2) is 83.8 Å². The first-order valence-corrected chi connectivity index (χ1v) is 12.7. The van der Waals surface area contributed by atoms with Gasteiger partial charge in [0.1, 0.15) is 0 Å². The molecule has 0 fully saturated rings. The second kappa shape index (κ2) is 11.1. The number of Topliss-reactive ketones (excluding diaryl/α,β-unsaturated/α-hetero) is 1. The van der Waals surface area contributed by atoms with E-state index in [0.29, 0.717) is 33.5 Å². The zero-order valence-corrected chi connectivity index (χ0v) is 21.6. The number of hydrogen-bond acceptors (Lipinski definition) is 4. The van der Waals surface area contributed by atoms with Crippen LogP contribution in [0.2, 0.25) is 5.02 Å². The lowest BCUT2D eigenvalue weighted by Gasteiger charge is -2.13. The molecule has 0 saturated heterocycles. The molecule has 0 spiro atoms. The number of carbonyl (C=O) groups excluding carboxylic acids is 1. The summed E-state index contributed by atoms with van der Waals surface area (Å²) in [5.41, 5.74) is 2.62. The van der Waals surface area contributed by atoms with Crippen LogP contribution in [0.1, 0.15) is 38.3 Å². The molecular formula is C27H23Cl2NO5S. The standard InChI is InChI=1S/C27H22ClNO5S.ClH/c1-17-14-20(28)16-21(15-17)35(33,34)29-25-7-3-4-22-23(25)5-2-6-24(22)26(30)13-10-18-8-11-19(12-9-18)27(31)32;/h2-9,11-12,14-16,29H,10,13H2,1H3,(H,31,32);1H. The van der Waals surface area contributed by atoms with E-state index in [2.05, 4.69) is 4.72 Å². The molecule has 0 heterocycles. The largest absolute Gasteiger partial charge is 0.478 e. The highest BCUT2D eigenvalue weighted by molar-refractivity contribution is 7.92. The Morgan fingerprint density at radius 2 is 1.58 bits per heavy atom. The van der Waals surface area contributed by atoms with Gasteiger partial charge in [0.05, 0.1) is 16.1 Å². The second-order valence-corrected chi connectivity index (χ2v) is 10.3. The first kappa shape index (κ1) is 27.2. The summed E-state index contributed by atoms with van der Waals surface area (Å²) in [4.78, 5) is 24.1. The fourth-order valence-corrected chi connectivity index (χ4v) is 5.47. The zero-order valence-electron chi connectivity index (χ0n) is 19.2. The smallest absolute Gasteiger partial charge is 0.335 e. The van der Waals surface area contributed by atoms with Gasteiger partial charge in [0.2, 0.25) is 0 Å². The van der Waals surface area contributed by atoms with Crippen LogP contribution in [0.3, 0.4) is 0 Å². The highest BCUT2D eigenvalue weighted by Crippen LogP contribution is 2.30. The number of hydrogen-bond donors (Lipinski definition) is 2. The maximum absolute atomic E-state index is 13.1. The Labute approximate surface area is 220 Å². The number of benzene rings is 4. The molecule has 4 aromatic carbocycles. The van der Waals surface area contributed by atoms with Crippen molar-refractivity contribution in [3.8, 4) is 0 Å². The van der Waals surface area contributed by atoms with Gasteiger partial charge in [-0.25, -0.2) is 13.2 Å². The number of carboxylic acids is 1. The van der Waals surface area contributed by atoms with Crippen molar-refractivity contribution >= 4 is 62.2 Å². The number of carbonyl (C=O) groups is 2. The molecule has 4 aromatic rings. The van der Waals surface area contributed by atoms with Gasteiger partial charge >= 0.3 is 5.97 Å². The molecule has 0 atom stereocenters. The Bertz CT molecular complexity index is 1530. The minimum Gasteiger partial charge on any atom is -0.478 e. The molecule has 9 heteroatoms. The second-order valence-electron chi connectivity index (χ2n) is 8.20. The fraction of sp³-hybridized carbons (Fsp3) is 0.111. The maximum Gasteiger partial charge on any atom is 0.335 e. The molecule has 0 aromatic heterocycles. The molecule has 186 valence electrons. The highest BCUT2D eigenvalue weighted by atomic mass is 35.5. The predicted molar refractivity (Wildman–Crippen MR) is 144 cm³/mol. The van der Waals surface area contributed by atoms with Crippen LogP contribution in [0.25, 0.3) is 10.8 Å². The van der Waals surface area contributed by atoms with Crippen molar-refractivity contribution in [2.75, 3.05) is 4.72 Å². The molecule has 0 aliphatic rings. The normalized spacial score (nSPS) is 11.1. The Balaban J connectivity index is 0.00000361. The molecule has 0 aliphatic carbocycles. The topological polar surface area (TPSA) is 101 Å². The van der Waals surface area contributed by atoms with Crippen molar-refractivity contribution in [2.45, 2.75) is 24.7 Å². The van der Waals surface area contributed by atoms with Crippen molar-refractivity contribution in [2.24, 2.45) is 0 Å². The highest BCUT2D eigenvalue weighted by Gasteiger charge is 2.18. The molecule has 6 nitrogen and oxygen atoms in total. The summed E-state index contributed by atoms with van der Waals surface area (Å²) < 4.78 is 28.7. The SMILES string of the molecule is Cc1cc(Cl)cc(S(=O)(=O)Nc2cccc3c(C(=O)CCc4ccc(C(=O)O)cc4)cccc23)c1.Cl. The number of anilines is 1. The van der Waals surface area contributed by atoms with Crippen LogP contribution in [-0.4, -0.2) is 25.3 Å². The quantitative estimate of drug-likeness (QED) is 0.246. The lowest BCUT2D eigenvalue weighted by molar-refractivity contribution is 0.0696. The van der Waals surface area contributed by atoms with E-state index >= 15 is 0 Å². The van der Waals surface area contributed by atoms with E-state index in [1.165, 1.54) is 24.3 Å². The van der Waals surface area contributed by atoms with Crippen LogP contribution >= 0.6 is 24.0 Å². The van der Waals surface area contributed by atoms with E-state index in [-0.39, 0.29) is 35.1 Å². The third-order valence-corrected chi connectivity index (χ3v) is 7.20. The van der Waals surface area contributed by atoms with Gasteiger partial charge in [-0.15, -0.1) is 12.4 Å². The van der Waals surface area contributed by atoms with E-state index < -0.39 is 16.0 Å². The van der Waals surface area contributed by atoms with Gasteiger partial charge in [0, 0.05) is 22.4 Å². The monoisotopic (exact) mass is 543 g/mol. The summed E-state index contributed by atoms with van der Waals surface area (Å²) in [5.74, 6) is -1.09. The third kappa shape index (κ3) is 6.05. The van der Waals surface area contributed by atoms with Gasteiger partial charge in [-0.3, -0.25) is 9.52 Å². The number of carboxylic acid groups (broad SMARTS) is 1. The predicted octanol–water partition coefficient (Wildman–Crippen LogP) is 6.54. The first-order chi connectivity index (χ1) is 16.6. The number of rotatable bonds is 8. The number of ketones is 1. The van der Waals surface area contributed by atoms with Crippen molar-refractivity contribution in [3.63, 3.8) is 0 Å². The van der Waals surface area contributed by atoms with E-state index in [4.69, 9.17) is 16.7 Å². The van der Waals surface area contributed by atoms with Gasteiger partial charge in [-0.05, 0) is 66.3 Å². The third-order valence-electron chi connectivity index (χ3n) is 5.63. The molecule has 4 rings (SSSR count). The van der Waals surface area contributed by atoms with Crippen molar-refractivity contribution < 1.29 is 23.1 Å². The van der Waals surface area contributed by atoms with Crippen LogP contribution in [0.4, 0.5) is 5.69 Å². The number of fused-ring (bicyclic) bond motifs is 1. The number of halogens is 2. The Hall–Kier alpha value is -3.39. The molecule has 0 amide bonds. The van der Waals surface area contributed by atoms with Crippen LogP contribution in [-0.2, 0) is 16.4 Å². The maximum atomic E-state index is 13.1. The van der Waals surface area contributed by atoms with Crippen molar-refractivity contribution in [1.82, 2.24) is 0 Å². The number of nitrogens with one attached hydrogen (secondary N) is 1. The minimum atomic E-state index is -3.90. The van der Waals surface area contributed by atoms with Crippen molar-refractivity contribution in [1.29, 1.82) is 0 Å².